The van der Waals surface area contributed by atoms with Gasteiger partial charge >= 0.3 is 0 Å². The first-order valence-electron chi connectivity index (χ1n) is 10.1. The van der Waals surface area contributed by atoms with E-state index in [1.165, 1.54) is 47.9 Å². The van der Waals surface area contributed by atoms with Gasteiger partial charge in [-0.1, -0.05) is 23.5 Å². The Bertz CT molecular complexity index is 1090. The Morgan fingerprint density at radius 3 is 2.90 bits per heavy atom. The fourth-order valence-corrected chi connectivity index (χ4v) is 5.25. The summed E-state index contributed by atoms with van der Waals surface area (Å²) in [5, 5.41) is 3.32. The van der Waals surface area contributed by atoms with Crippen molar-refractivity contribution >= 4 is 46.0 Å². The molecule has 3 aromatic rings. The molecule has 0 spiro atoms. The molecule has 0 saturated carbocycles. The topological polar surface area (TPSA) is 83.0 Å². The number of benzene rings is 1. The van der Waals surface area contributed by atoms with Gasteiger partial charge in [-0.25, -0.2) is 15.0 Å². The summed E-state index contributed by atoms with van der Waals surface area (Å²) < 4.78 is 4.36. The minimum Gasteiger partial charge on any atom is -0.341 e. The van der Waals surface area contributed by atoms with E-state index in [-0.39, 0.29) is 5.91 Å². The minimum absolute atomic E-state index is 0.114. The van der Waals surface area contributed by atoms with Gasteiger partial charge in [-0.2, -0.15) is 0 Å². The van der Waals surface area contributed by atoms with E-state index in [1.54, 1.807) is 6.20 Å². The van der Waals surface area contributed by atoms with Crippen LogP contribution in [0.4, 0.5) is 16.8 Å². The van der Waals surface area contributed by atoms with Crippen LogP contribution in [-0.2, 0) is 17.6 Å². The van der Waals surface area contributed by atoms with Gasteiger partial charge in [0.05, 0.1) is 11.9 Å². The number of nitrogens with zero attached hydrogens (tertiary/aromatic N) is 4. The molecular formula is C21H22N6OS2. The third-order valence-electron chi connectivity index (χ3n) is 5.23. The smallest absolute Gasteiger partial charge is 0.226 e. The third kappa shape index (κ3) is 3.99. The molecule has 2 aromatic heterocycles. The summed E-state index contributed by atoms with van der Waals surface area (Å²) >= 11 is 2.93. The van der Waals surface area contributed by atoms with E-state index in [4.69, 9.17) is 9.97 Å². The molecule has 0 radical (unpaired) electrons. The maximum absolute atomic E-state index is 11.2. The zero-order valence-corrected chi connectivity index (χ0v) is 18.3. The van der Waals surface area contributed by atoms with Crippen LogP contribution in [0.2, 0.25) is 0 Å². The first-order valence-corrected chi connectivity index (χ1v) is 11.7. The number of nitrogens with one attached hydrogen (secondary N) is 2. The van der Waals surface area contributed by atoms with Gasteiger partial charge < -0.3 is 14.9 Å². The lowest BCUT2D eigenvalue weighted by Gasteiger charge is -2.31. The summed E-state index contributed by atoms with van der Waals surface area (Å²) in [6.07, 6.45) is 6.21. The number of anilines is 3. The second kappa shape index (κ2) is 8.23. The van der Waals surface area contributed by atoms with Crippen molar-refractivity contribution in [2.24, 2.45) is 0 Å². The van der Waals surface area contributed by atoms with E-state index in [0.29, 0.717) is 5.13 Å². The molecule has 0 atom stereocenters. The van der Waals surface area contributed by atoms with E-state index in [1.807, 2.05) is 6.07 Å². The number of amides is 1. The molecular weight excluding hydrogens is 416 g/mol. The Labute approximate surface area is 183 Å². The highest BCUT2D eigenvalue weighted by Crippen LogP contribution is 2.35. The highest BCUT2D eigenvalue weighted by Gasteiger charge is 2.24. The van der Waals surface area contributed by atoms with Crippen molar-refractivity contribution in [2.45, 2.75) is 36.8 Å². The first-order chi connectivity index (χ1) is 14.7. The van der Waals surface area contributed by atoms with Gasteiger partial charge in [-0.05, 0) is 49.8 Å². The van der Waals surface area contributed by atoms with Crippen LogP contribution in [0.3, 0.4) is 0 Å². The quantitative estimate of drug-likeness (QED) is 0.553. The lowest BCUT2D eigenvalue weighted by molar-refractivity contribution is -0.114. The van der Waals surface area contributed by atoms with Crippen LogP contribution >= 0.6 is 23.3 Å². The molecule has 2 aliphatic rings. The Kier molecular flexibility index (Phi) is 5.30. The Morgan fingerprint density at radius 1 is 1.20 bits per heavy atom. The SMILES string of the molecule is CC(=O)Nc1ncc(SNc2cccc(-c3nc(N4CCC4)nc4c3CCC4)c2)s1. The van der Waals surface area contributed by atoms with Crippen molar-refractivity contribution in [3.05, 3.63) is 41.7 Å². The van der Waals surface area contributed by atoms with Gasteiger partial charge in [-0.15, -0.1) is 0 Å². The number of aryl methyl sites for hydroxylation is 1. The van der Waals surface area contributed by atoms with Crippen LogP contribution in [0.15, 0.2) is 34.7 Å². The average molecular weight is 439 g/mol. The van der Waals surface area contributed by atoms with E-state index < -0.39 is 0 Å². The van der Waals surface area contributed by atoms with Crippen molar-refractivity contribution in [2.75, 3.05) is 28.0 Å². The minimum atomic E-state index is -0.114. The van der Waals surface area contributed by atoms with E-state index in [0.717, 1.165) is 59.5 Å². The maximum Gasteiger partial charge on any atom is 0.226 e. The number of carbonyl (C=O) groups excluding carboxylic acids is 1. The van der Waals surface area contributed by atoms with Crippen LogP contribution in [0.1, 0.15) is 31.0 Å². The van der Waals surface area contributed by atoms with Crippen LogP contribution in [0, 0.1) is 0 Å². The lowest BCUT2D eigenvalue weighted by atomic mass is 10.0. The van der Waals surface area contributed by atoms with Crippen molar-refractivity contribution in [3.8, 4) is 11.3 Å². The molecule has 1 aliphatic heterocycles. The number of thiazole rings is 1. The number of aromatic nitrogens is 3. The van der Waals surface area contributed by atoms with Gasteiger partial charge in [0.15, 0.2) is 5.13 Å². The lowest BCUT2D eigenvalue weighted by Crippen LogP contribution is -2.38. The largest absolute Gasteiger partial charge is 0.341 e. The molecule has 1 saturated heterocycles. The molecule has 7 nitrogen and oxygen atoms in total. The summed E-state index contributed by atoms with van der Waals surface area (Å²) in [7, 11) is 0. The molecule has 1 aromatic carbocycles. The number of rotatable bonds is 6. The predicted octanol–water partition coefficient (Wildman–Crippen LogP) is 4.38. The molecule has 1 aliphatic carbocycles. The fraction of sp³-hybridized carbons (Fsp3) is 0.333. The molecule has 3 heterocycles. The monoisotopic (exact) mass is 438 g/mol. The summed E-state index contributed by atoms with van der Waals surface area (Å²) in [6, 6.07) is 8.37. The van der Waals surface area contributed by atoms with E-state index in [9.17, 15) is 4.79 Å². The summed E-state index contributed by atoms with van der Waals surface area (Å²) in [4.78, 5) is 27.4. The van der Waals surface area contributed by atoms with Crippen LogP contribution in [-0.4, -0.2) is 33.9 Å². The number of hydrogen-bond donors (Lipinski definition) is 2. The summed E-state index contributed by atoms with van der Waals surface area (Å²) in [5.74, 6) is 0.760. The van der Waals surface area contributed by atoms with E-state index >= 15 is 0 Å². The molecule has 30 heavy (non-hydrogen) atoms. The summed E-state index contributed by atoms with van der Waals surface area (Å²) in [6.45, 7) is 3.58. The molecule has 154 valence electrons. The average Bonchev–Trinajstić information content (AvgIpc) is 3.33. The standard InChI is InChI=1S/C21H22N6OS2/c1-13(28)23-21-22-12-18(29-21)30-26-15-6-2-5-14(11-15)19-16-7-3-8-17(16)24-20(25-19)27-9-4-10-27/h2,5-6,11-12,26H,3-4,7-10H2,1H3,(H,22,23,28). The van der Waals surface area contributed by atoms with Crippen LogP contribution < -0.4 is 14.9 Å². The molecule has 5 rings (SSSR count). The van der Waals surface area contributed by atoms with Crippen molar-refractivity contribution < 1.29 is 4.79 Å². The molecule has 9 heteroatoms. The first kappa shape index (κ1) is 19.3. The van der Waals surface area contributed by atoms with Crippen LogP contribution in [0.25, 0.3) is 11.3 Å². The zero-order valence-electron chi connectivity index (χ0n) is 16.6. The number of fused-ring (bicyclic) bond motifs is 1. The maximum atomic E-state index is 11.2. The van der Waals surface area contributed by atoms with Gasteiger partial charge in [0, 0.05) is 42.5 Å². The van der Waals surface area contributed by atoms with Gasteiger partial charge in [-0.3, -0.25) is 4.79 Å². The third-order valence-corrected chi connectivity index (χ3v) is 7.08. The summed E-state index contributed by atoms with van der Waals surface area (Å²) in [5.41, 5.74) is 5.70. The Balaban J connectivity index is 1.37. The van der Waals surface area contributed by atoms with Crippen LogP contribution in [0.5, 0.6) is 0 Å². The number of carbonyl (C=O) groups is 1. The number of hydrogen-bond acceptors (Lipinski definition) is 8. The highest BCUT2D eigenvalue weighted by atomic mass is 32.2. The van der Waals surface area contributed by atoms with Crippen molar-refractivity contribution in [3.63, 3.8) is 0 Å². The zero-order chi connectivity index (χ0) is 20.5. The fourth-order valence-electron chi connectivity index (χ4n) is 3.67. The van der Waals surface area contributed by atoms with Gasteiger partial charge in [0.1, 0.15) is 4.21 Å². The molecule has 1 fully saturated rings. The second-order valence-corrected chi connectivity index (χ2v) is 9.58. The van der Waals surface area contributed by atoms with Crippen molar-refractivity contribution in [1.29, 1.82) is 0 Å². The normalized spacial score (nSPS) is 14.9. The predicted molar refractivity (Wildman–Crippen MR) is 122 cm³/mol. The highest BCUT2D eigenvalue weighted by molar-refractivity contribution is 8.02. The molecule has 1 amide bonds. The van der Waals surface area contributed by atoms with Gasteiger partial charge in [0.2, 0.25) is 11.9 Å². The molecule has 0 unspecified atom stereocenters. The molecule has 0 bridgehead atoms. The van der Waals surface area contributed by atoms with Crippen molar-refractivity contribution in [1.82, 2.24) is 15.0 Å². The van der Waals surface area contributed by atoms with Gasteiger partial charge in [0.25, 0.3) is 0 Å². The Hall–Kier alpha value is -2.65. The Morgan fingerprint density at radius 2 is 2.10 bits per heavy atom. The van der Waals surface area contributed by atoms with E-state index in [2.05, 4.69) is 38.1 Å². The second-order valence-electron chi connectivity index (χ2n) is 7.44. The molecule has 2 N–H and O–H groups in total.